The van der Waals surface area contributed by atoms with Gasteiger partial charge in [0, 0.05) is 11.5 Å². The zero-order valence-electron chi connectivity index (χ0n) is 12.2. The van der Waals surface area contributed by atoms with E-state index >= 15 is 0 Å². The second-order valence-electron chi connectivity index (χ2n) is 4.72. The average Bonchev–Trinajstić information content (AvgIpc) is 2.49. The lowest BCUT2D eigenvalue weighted by Gasteiger charge is -2.21. The molecule has 0 unspecified atom stereocenters. The van der Waals surface area contributed by atoms with Gasteiger partial charge in [0.15, 0.2) is 0 Å². The molecule has 0 saturated heterocycles. The van der Waals surface area contributed by atoms with Gasteiger partial charge in [0.2, 0.25) is 11.8 Å². The molecule has 3 atom stereocenters. The van der Waals surface area contributed by atoms with E-state index in [1.165, 1.54) is 0 Å². The van der Waals surface area contributed by atoms with E-state index in [0.717, 1.165) is 6.42 Å². The summed E-state index contributed by atoms with van der Waals surface area (Å²) in [4.78, 5) is 34.7. The molecule has 0 rings (SSSR count). The Morgan fingerprint density at radius 3 is 2.00 bits per heavy atom. The van der Waals surface area contributed by atoms with Gasteiger partial charge in [-0.05, 0) is 19.4 Å². The van der Waals surface area contributed by atoms with E-state index in [1.54, 1.807) is 0 Å². The van der Waals surface area contributed by atoms with Crippen molar-refractivity contribution in [2.45, 2.75) is 37.4 Å². The highest BCUT2D eigenvalue weighted by molar-refractivity contribution is 7.80. The van der Waals surface area contributed by atoms with Crippen molar-refractivity contribution >= 4 is 43.0 Å². The smallest absolute Gasteiger partial charge is 0.327 e. The Kier molecular flexibility index (Phi) is 11.1. The first-order chi connectivity index (χ1) is 10.4. The SMILES string of the molecule is NCCCC[C@H](N)C(=O)N[C@@H](CS)C(=O)N[C@@H](CS)C(=O)O. The van der Waals surface area contributed by atoms with Gasteiger partial charge in [-0.1, -0.05) is 6.42 Å². The number of carbonyl (C=O) groups excluding carboxylic acids is 2. The van der Waals surface area contributed by atoms with Gasteiger partial charge < -0.3 is 27.2 Å². The molecule has 10 heteroatoms. The highest BCUT2D eigenvalue weighted by Gasteiger charge is 2.26. The molecular weight excluding hydrogens is 328 g/mol. The summed E-state index contributed by atoms with van der Waals surface area (Å²) >= 11 is 7.83. The van der Waals surface area contributed by atoms with Gasteiger partial charge in [-0.2, -0.15) is 25.3 Å². The molecule has 0 aromatic heterocycles. The van der Waals surface area contributed by atoms with Crippen LogP contribution in [-0.2, 0) is 14.4 Å². The van der Waals surface area contributed by atoms with Gasteiger partial charge in [-0.3, -0.25) is 9.59 Å². The molecule has 0 radical (unpaired) electrons. The first-order valence-electron chi connectivity index (χ1n) is 6.88. The fourth-order valence-electron chi connectivity index (χ4n) is 1.57. The van der Waals surface area contributed by atoms with Crippen molar-refractivity contribution in [1.82, 2.24) is 10.6 Å². The molecule has 0 saturated carbocycles. The van der Waals surface area contributed by atoms with Crippen molar-refractivity contribution in [3.63, 3.8) is 0 Å². The van der Waals surface area contributed by atoms with Crippen LogP contribution in [0.25, 0.3) is 0 Å². The number of amides is 2. The lowest BCUT2D eigenvalue weighted by Crippen LogP contribution is -2.55. The van der Waals surface area contributed by atoms with E-state index in [4.69, 9.17) is 16.6 Å². The van der Waals surface area contributed by atoms with Gasteiger partial charge in [-0.25, -0.2) is 4.79 Å². The molecule has 0 spiro atoms. The van der Waals surface area contributed by atoms with Gasteiger partial charge in [0.1, 0.15) is 12.1 Å². The summed E-state index contributed by atoms with van der Waals surface area (Å²) in [5.74, 6) is -2.37. The fourth-order valence-corrected chi connectivity index (χ4v) is 2.07. The van der Waals surface area contributed by atoms with Crippen molar-refractivity contribution in [3.8, 4) is 0 Å². The Morgan fingerprint density at radius 2 is 1.55 bits per heavy atom. The molecule has 0 bridgehead atoms. The molecule has 8 nitrogen and oxygen atoms in total. The topological polar surface area (TPSA) is 148 Å². The largest absolute Gasteiger partial charge is 0.480 e. The summed E-state index contributed by atoms with van der Waals surface area (Å²) in [6, 6.07) is -2.84. The van der Waals surface area contributed by atoms with Gasteiger partial charge in [0.25, 0.3) is 0 Å². The van der Waals surface area contributed by atoms with Crippen LogP contribution in [0.1, 0.15) is 19.3 Å². The number of thiol groups is 2. The predicted octanol–water partition coefficient (Wildman–Crippen LogP) is -1.64. The van der Waals surface area contributed by atoms with Crippen molar-refractivity contribution in [2.24, 2.45) is 11.5 Å². The molecule has 7 N–H and O–H groups in total. The first-order valence-corrected chi connectivity index (χ1v) is 8.14. The maximum absolute atomic E-state index is 11.9. The monoisotopic (exact) mass is 352 g/mol. The van der Waals surface area contributed by atoms with E-state index in [1.807, 2.05) is 0 Å². The van der Waals surface area contributed by atoms with E-state index in [9.17, 15) is 14.4 Å². The molecule has 0 aliphatic rings. The summed E-state index contributed by atoms with van der Waals surface area (Å²) < 4.78 is 0. The second kappa shape index (κ2) is 11.6. The maximum atomic E-state index is 11.9. The third-order valence-corrected chi connectivity index (χ3v) is 3.65. The molecular formula is C12H24N4O4S2. The van der Waals surface area contributed by atoms with Crippen LogP contribution in [0.3, 0.4) is 0 Å². The third-order valence-electron chi connectivity index (χ3n) is 2.92. The average molecular weight is 352 g/mol. The summed E-state index contributed by atoms with van der Waals surface area (Å²) in [7, 11) is 0. The molecule has 22 heavy (non-hydrogen) atoms. The van der Waals surface area contributed by atoms with E-state index < -0.39 is 35.9 Å². The number of nitrogens with one attached hydrogen (secondary N) is 2. The zero-order valence-corrected chi connectivity index (χ0v) is 14.0. The quantitative estimate of drug-likeness (QED) is 0.175. The maximum Gasteiger partial charge on any atom is 0.327 e. The first kappa shape index (κ1) is 21.0. The van der Waals surface area contributed by atoms with Crippen molar-refractivity contribution in [3.05, 3.63) is 0 Å². The van der Waals surface area contributed by atoms with Crippen LogP contribution in [0.5, 0.6) is 0 Å². The number of carbonyl (C=O) groups is 3. The van der Waals surface area contributed by atoms with E-state index in [0.29, 0.717) is 19.4 Å². The van der Waals surface area contributed by atoms with Crippen molar-refractivity contribution in [1.29, 1.82) is 0 Å². The normalized spacial score (nSPS) is 14.7. The Labute approximate surface area is 140 Å². The number of nitrogens with two attached hydrogens (primary N) is 2. The number of rotatable bonds is 11. The van der Waals surface area contributed by atoms with E-state index in [-0.39, 0.29) is 11.5 Å². The van der Waals surface area contributed by atoms with Gasteiger partial charge >= 0.3 is 5.97 Å². The third kappa shape index (κ3) is 7.87. The lowest BCUT2D eigenvalue weighted by atomic mass is 10.1. The number of hydrogen-bond donors (Lipinski definition) is 7. The van der Waals surface area contributed by atoms with Crippen LogP contribution in [0.4, 0.5) is 0 Å². The summed E-state index contributed by atoms with van der Waals surface area (Å²) in [5, 5.41) is 13.6. The molecule has 0 aliphatic carbocycles. The summed E-state index contributed by atoms with van der Waals surface area (Å²) in [5.41, 5.74) is 11.1. The van der Waals surface area contributed by atoms with Gasteiger partial charge in [-0.15, -0.1) is 0 Å². The van der Waals surface area contributed by atoms with Crippen LogP contribution in [0.2, 0.25) is 0 Å². The molecule has 0 fully saturated rings. The Morgan fingerprint density at radius 1 is 1.00 bits per heavy atom. The minimum absolute atomic E-state index is 0.0198. The molecule has 0 aromatic carbocycles. The highest BCUT2D eigenvalue weighted by Crippen LogP contribution is 2.00. The van der Waals surface area contributed by atoms with E-state index in [2.05, 4.69) is 35.9 Å². The van der Waals surface area contributed by atoms with Crippen LogP contribution in [-0.4, -0.2) is 59.1 Å². The Hall–Kier alpha value is -0.970. The summed E-state index contributed by atoms with van der Waals surface area (Å²) in [6.45, 7) is 0.524. The van der Waals surface area contributed by atoms with Crippen molar-refractivity contribution < 1.29 is 19.5 Å². The standard InChI is InChI=1S/C12H24N4O4S2/c13-4-2-1-3-7(14)10(17)15-8(5-21)11(18)16-9(6-22)12(19)20/h7-9,21-22H,1-6,13-14H2,(H,15,17)(H,16,18)(H,19,20)/t7-,8-,9-/m0/s1. The zero-order chi connectivity index (χ0) is 17.1. The van der Waals surface area contributed by atoms with Gasteiger partial charge in [0.05, 0.1) is 6.04 Å². The summed E-state index contributed by atoms with van der Waals surface area (Å²) in [6.07, 6.45) is 1.93. The number of unbranched alkanes of at least 4 members (excludes halogenated alkanes) is 1. The minimum Gasteiger partial charge on any atom is -0.480 e. The molecule has 128 valence electrons. The number of carboxylic acids is 1. The van der Waals surface area contributed by atoms with Crippen molar-refractivity contribution in [2.75, 3.05) is 18.1 Å². The highest BCUT2D eigenvalue weighted by atomic mass is 32.1. The van der Waals surface area contributed by atoms with Crippen LogP contribution in [0.15, 0.2) is 0 Å². The molecule has 2 amide bonds. The molecule has 0 aromatic rings. The number of hydrogen-bond acceptors (Lipinski definition) is 7. The predicted molar refractivity (Wildman–Crippen MR) is 90.1 cm³/mol. The molecule has 0 aliphatic heterocycles. The lowest BCUT2D eigenvalue weighted by molar-refractivity contribution is -0.141. The van der Waals surface area contributed by atoms with Crippen LogP contribution < -0.4 is 22.1 Å². The number of carboxylic acid groups (broad SMARTS) is 1. The Balaban J connectivity index is 4.47. The molecule has 0 heterocycles. The minimum atomic E-state index is -1.20. The fraction of sp³-hybridized carbons (Fsp3) is 0.750. The number of aliphatic carboxylic acids is 1. The Bertz CT molecular complexity index is 384. The van der Waals surface area contributed by atoms with Crippen LogP contribution >= 0.6 is 25.3 Å². The van der Waals surface area contributed by atoms with Crippen LogP contribution in [0, 0.1) is 0 Å². The second-order valence-corrected chi connectivity index (χ2v) is 5.45.